The second-order valence-corrected chi connectivity index (χ2v) is 2.54. The minimum Gasteiger partial charge on any atom is -0.128 e. The molecular weight excluding hydrogens is 136 g/mol. The summed E-state index contributed by atoms with van der Waals surface area (Å²) in [5, 5.41) is 0. The van der Waals surface area contributed by atoms with Gasteiger partial charge in [-0.2, -0.15) is 0 Å². The molecule has 0 amide bonds. The van der Waals surface area contributed by atoms with E-state index in [9.17, 15) is 0 Å². The van der Waals surface area contributed by atoms with E-state index < -0.39 is 0 Å². The van der Waals surface area contributed by atoms with Crippen LogP contribution in [0.2, 0.25) is 0 Å². The molecule has 0 aliphatic carbocycles. The van der Waals surface area contributed by atoms with Gasteiger partial charge in [-0.3, -0.25) is 0 Å². The first kappa shape index (κ1) is 6.40. The maximum atomic E-state index is 2.16. The van der Waals surface area contributed by atoms with Crippen LogP contribution in [-0.4, -0.2) is 4.52 Å². The summed E-state index contributed by atoms with van der Waals surface area (Å²) < 4.78 is 4.30. The highest BCUT2D eigenvalue weighted by Crippen LogP contribution is 1.97. The first-order chi connectivity index (χ1) is 5.42. The van der Waals surface area contributed by atoms with E-state index in [1.54, 1.807) is 0 Å². The van der Waals surface area contributed by atoms with Crippen LogP contribution in [0, 0.1) is 0 Å². The molecule has 2 aromatic rings. The lowest BCUT2D eigenvalue weighted by Crippen LogP contribution is -2.37. The van der Waals surface area contributed by atoms with Gasteiger partial charge >= 0.3 is 0 Å². The van der Waals surface area contributed by atoms with Crippen LogP contribution in [0.3, 0.4) is 0 Å². The number of fused-ring (bicyclic) bond motifs is 1. The van der Waals surface area contributed by atoms with Crippen molar-refractivity contribution in [2.45, 2.75) is 13.5 Å². The second kappa shape index (κ2) is 2.38. The molecule has 0 unspecified atom stereocenters. The fraction of sp³-hybridized carbons (Fsp3) is 0.222. The Balaban J connectivity index is 2.76. The summed E-state index contributed by atoms with van der Waals surface area (Å²) >= 11 is 0. The summed E-state index contributed by atoms with van der Waals surface area (Å²) in [5.74, 6) is 0. The first-order valence-electron chi connectivity index (χ1n) is 3.87. The van der Waals surface area contributed by atoms with Gasteiger partial charge < -0.3 is 0 Å². The average molecular weight is 147 g/mol. The Labute approximate surface area is 65.7 Å². The van der Waals surface area contributed by atoms with Crippen LogP contribution < -0.4 is 4.68 Å². The molecule has 0 N–H and O–H groups in total. The number of rotatable bonds is 1. The summed E-state index contributed by atoms with van der Waals surface area (Å²) in [5.41, 5.74) is 1.24. The van der Waals surface area contributed by atoms with Crippen LogP contribution in [0.5, 0.6) is 0 Å². The highest BCUT2D eigenvalue weighted by Gasteiger charge is 2.02. The topological polar surface area (TPSA) is 8.29 Å². The minimum atomic E-state index is 1.01. The molecule has 0 aliphatic heterocycles. The predicted molar refractivity (Wildman–Crippen MR) is 43.3 cm³/mol. The van der Waals surface area contributed by atoms with Crippen LogP contribution in [0.4, 0.5) is 0 Å². The Morgan fingerprint density at radius 3 is 3.09 bits per heavy atom. The third-order valence-electron chi connectivity index (χ3n) is 1.89. The van der Waals surface area contributed by atoms with Gasteiger partial charge in [-0.05, 0) is 19.1 Å². The maximum absolute atomic E-state index is 2.16. The van der Waals surface area contributed by atoms with Crippen molar-refractivity contribution in [3.05, 3.63) is 36.7 Å². The number of aromatic nitrogens is 2. The molecule has 2 heteroatoms. The molecule has 0 bridgehead atoms. The fourth-order valence-corrected chi connectivity index (χ4v) is 1.31. The average Bonchev–Trinajstić information content (AvgIpc) is 2.47. The summed E-state index contributed by atoms with van der Waals surface area (Å²) in [6.45, 7) is 3.15. The van der Waals surface area contributed by atoms with Gasteiger partial charge in [0.1, 0.15) is 5.52 Å². The molecule has 0 atom stereocenters. The van der Waals surface area contributed by atoms with Gasteiger partial charge in [0.2, 0.25) is 0 Å². The lowest BCUT2D eigenvalue weighted by atomic mass is 10.4. The lowest BCUT2D eigenvalue weighted by Gasteiger charge is -1.90. The van der Waals surface area contributed by atoms with Gasteiger partial charge in [-0.15, -0.1) is 9.20 Å². The van der Waals surface area contributed by atoms with Crippen molar-refractivity contribution in [1.82, 2.24) is 4.52 Å². The Hall–Kier alpha value is -1.31. The largest absolute Gasteiger partial charge is 0.196 e. The summed E-state index contributed by atoms with van der Waals surface area (Å²) in [6, 6.07) is 8.31. The quantitative estimate of drug-likeness (QED) is 0.536. The van der Waals surface area contributed by atoms with Crippen LogP contribution in [0.25, 0.3) is 5.52 Å². The van der Waals surface area contributed by atoms with E-state index in [2.05, 4.69) is 46.7 Å². The Kier molecular flexibility index (Phi) is 1.39. The third-order valence-corrected chi connectivity index (χ3v) is 1.89. The van der Waals surface area contributed by atoms with Crippen molar-refractivity contribution in [1.29, 1.82) is 0 Å². The van der Waals surface area contributed by atoms with Gasteiger partial charge in [0, 0.05) is 6.07 Å². The smallest absolute Gasteiger partial charge is 0.128 e. The molecule has 2 nitrogen and oxygen atoms in total. The van der Waals surface area contributed by atoms with E-state index in [0.717, 1.165) is 6.54 Å². The van der Waals surface area contributed by atoms with E-state index in [4.69, 9.17) is 0 Å². The van der Waals surface area contributed by atoms with Gasteiger partial charge in [-0.25, -0.2) is 0 Å². The number of nitrogens with zero attached hydrogens (tertiary/aromatic N) is 2. The molecule has 2 rings (SSSR count). The Morgan fingerprint density at radius 2 is 2.27 bits per heavy atom. The van der Waals surface area contributed by atoms with E-state index in [-0.39, 0.29) is 0 Å². The highest BCUT2D eigenvalue weighted by molar-refractivity contribution is 5.42. The van der Waals surface area contributed by atoms with Crippen LogP contribution in [0.15, 0.2) is 36.7 Å². The van der Waals surface area contributed by atoms with Crippen molar-refractivity contribution in [3.8, 4) is 0 Å². The molecule has 0 aliphatic rings. The minimum absolute atomic E-state index is 1.01. The van der Waals surface area contributed by atoms with E-state index in [0.29, 0.717) is 0 Å². The Bertz CT molecular complexity index is 362. The number of pyridine rings is 1. The molecule has 0 fully saturated rings. The van der Waals surface area contributed by atoms with Crippen molar-refractivity contribution < 1.29 is 4.68 Å². The highest BCUT2D eigenvalue weighted by atomic mass is 15.3. The van der Waals surface area contributed by atoms with Gasteiger partial charge in [0.05, 0.1) is 6.20 Å². The van der Waals surface area contributed by atoms with Crippen LogP contribution >= 0.6 is 0 Å². The monoisotopic (exact) mass is 147 g/mol. The van der Waals surface area contributed by atoms with Crippen LogP contribution in [0.1, 0.15) is 6.92 Å². The lowest BCUT2D eigenvalue weighted by molar-refractivity contribution is -0.757. The van der Waals surface area contributed by atoms with Gasteiger partial charge in [0.15, 0.2) is 12.7 Å². The van der Waals surface area contributed by atoms with Gasteiger partial charge in [0.25, 0.3) is 0 Å². The van der Waals surface area contributed by atoms with E-state index >= 15 is 0 Å². The number of hydrogen-bond acceptors (Lipinski definition) is 0. The maximum Gasteiger partial charge on any atom is 0.196 e. The molecule has 0 saturated carbocycles. The van der Waals surface area contributed by atoms with Crippen LogP contribution in [-0.2, 0) is 6.54 Å². The summed E-state index contributed by atoms with van der Waals surface area (Å²) in [7, 11) is 0. The number of hydrogen-bond donors (Lipinski definition) is 0. The molecule has 2 heterocycles. The standard InChI is InChI=1S/C9H11N2/c1-2-10-8-6-9-5-3-4-7-11(9)10/h3-8H,2H2,1H3/q+1. The number of aryl methyl sites for hydroxylation is 1. The van der Waals surface area contributed by atoms with Crippen molar-refractivity contribution in [2.75, 3.05) is 0 Å². The SMILES string of the molecule is CC[n+]1ccc2ccccn21. The molecule has 0 spiro atoms. The Morgan fingerprint density at radius 1 is 1.36 bits per heavy atom. The molecular formula is C9H11N2+. The van der Waals surface area contributed by atoms with Crippen molar-refractivity contribution in [3.63, 3.8) is 0 Å². The summed E-state index contributed by atoms with van der Waals surface area (Å²) in [4.78, 5) is 0. The zero-order valence-electron chi connectivity index (χ0n) is 6.57. The molecule has 0 aromatic carbocycles. The normalized spacial score (nSPS) is 10.6. The predicted octanol–water partition coefficient (Wildman–Crippen LogP) is 1.25. The summed E-state index contributed by atoms with van der Waals surface area (Å²) in [6.07, 6.45) is 4.16. The fourth-order valence-electron chi connectivity index (χ4n) is 1.31. The molecule has 2 aromatic heterocycles. The van der Waals surface area contributed by atoms with Crippen molar-refractivity contribution in [2.24, 2.45) is 0 Å². The molecule has 0 saturated heterocycles. The van der Waals surface area contributed by atoms with E-state index in [1.807, 2.05) is 6.07 Å². The molecule has 0 radical (unpaired) electrons. The first-order valence-corrected chi connectivity index (χ1v) is 3.87. The third kappa shape index (κ3) is 0.909. The molecule has 11 heavy (non-hydrogen) atoms. The van der Waals surface area contributed by atoms with Gasteiger partial charge in [-0.1, -0.05) is 6.07 Å². The second-order valence-electron chi connectivity index (χ2n) is 2.54. The van der Waals surface area contributed by atoms with Crippen molar-refractivity contribution >= 4 is 5.52 Å². The zero-order chi connectivity index (χ0) is 7.68. The van der Waals surface area contributed by atoms with E-state index in [1.165, 1.54) is 5.52 Å². The molecule has 56 valence electrons. The zero-order valence-corrected chi connectivity index (χ0v) is 6.57.